The van der Waals surface area contributed by atoms with E-state index in [4.69, 9.17) is 9.47 Å². The topological polar surface area (TPSA) is 52.6 Å². The molecule has 0 aliphatic carbocycles. The van der Waals surface area contributed by atoms with Gasteiger partial charge in [-0.05, 0) is 22.4 Å². The Hall–Kier alpha value is -0.980. The van der Waals surface area contributed by atoms with E-state index in [9.17, 15) is 9.59 Å². The van der Waals surface area contributed by atoms with Gasteiger partial charge in [0.1, 0.15) is 3.58 Å². The van der Waals surface area contributed by atoms with Crippen LogP contribution < -0.4 is 0 Å². The van der Waals surface area contributed by atoms with Crippen molar-refractivity contribution in [3.8, 4) is 0 Å². The maximum absolute atomic E-state index is 12.0. The fraction of sp³-hybridized carbons (Fsp3) is 0.500. The van der Waals surface area contributed by atoms with E-state index in [-0.39, 0.29) is 5.41 Å². The Balaban J connectivity index is 2.87. The maximum atomic E-state index is 12.0. The Kier molecular flexibility index (Phi) is 5.90. The average Bonchev–Trinajstić information content (AvgIpc) is 2.35. The summed E-state index contributed by atoms with van der Waals surface area (Å²) in [4.78, 5) is 23.8. The first-order valence-corrected chi connectivity index (χ1v) is 8.39. The highest BCUT2D eigenvalue weighted by Gasteiger charge is 2.23. The van der Waals surface area contributed by atoms with Crippen LogP contribution in [0.15, 0.2) is 21.3 Å². The monoisotopic (exact) mass is 378 g/mol. The number of ether oxygens (including phenoxy) is 2. The molecule has 106 valence electrons. The van der Waals surface area contributed by atoms with Gasteiger partial charge in [-0.15, -0.1) is 0 Å². The summed E-state index contributed by atoms with van der Waals surface area (Å²) < 4.78 is 12.6. The summed E-state index contributed by atoms with van der Waals surface area (Å²) in [5.41, 5.74) is 0.253. The lowest BCUT2D eigenvalue weighted by molar-refractivity contribution is -0.142. The first-order valence-electron chi connectivity index (χ1n) is 6.07. The van der Waals surface area contributed by atoms with Crippen LogP contribution in [0, 0.1) is 5.41 Å². The van der Waals surface area contributed by atoms with Crippen molar-refractivity contribution in [2.75, 3.05) is 13.2 Å². The van der Waals surface area contributed by atoms with Crippen LogP contribution in [-0.2, 0) is 19.1 Å². The predicted octanol–water partition coefficient (Wildman–Crippen LogP) is 2.74. The van der Waals surface area contributed by atoms with Crippen LogP contribution in [0.4, 0.5) is 0 Å². The van der Waals surface area contributed by atoms with Crippen molar-refractivity contribution in [3.05, 3.63) is 21.3 Å². The van der Waals surface area contributed by atoms with E-state index < -0.39 is 32.7 Å². The summed E-state index contributed by atoms with van der Waals surface area (Å²) in [5, 5.41) is 0. The van der Waals surface area contributed by atoms with Gasteiger partial charge < -0.3 is 9.47 Å². The summed E-state index contributed by atoms with van der Waals surface area (Å²) in [6.07, 6.45) is 3.41. The highest BCUT2D eigenvalue weighted by Crippen LogP contribution is 2.26. The van der Waals surface area contributed by atoms with Crippen molar-refractivity contribution < 1.29 is 19.1 Å². The minimum atomic E-state index is -0.633. The molecule has 1 aliphatic rings. The second-order valence-corrected chi connectivity index (χ2v) is 7.60. The predicted molar refractivity (Wildman–Crippen MR) is 83.3 cm³/mol. The second kappa shape index (κ2) is 6.98. The van der Waals surface area contributed by atoms with Gasteiger partial charge in [0.05, 0.1) is 18.8 Å². The third-order valence-corrected chi connectivity index (χ3v) is 4.47. The third kappa shape index (κ3) is 5.26. The van der Waals surface area contributed by atoms with Gasteiger partial charge in [0.2, 0.25) is 0 Å². The van der Waals surface area contributed by atoms with Gasteiger partial charge in [-0.2, -0.15) is 0 Å². The van der Waals surface area contributed by atoms with E-state index in [0.29, 0.717) is 22.4 Å². The highest BCUT2D eigenvalue weighted by molar-refractivity contribution is 14.2. The van der Waals surface area contributed by atoms with Crippen molar-refractivity contribution in [1.29, 1.82) is 0 Å². The van der Waals surface area contributed by atoms with Gasteiger partial charge in [-0.3, -0.25) is 0 Å². The van der Waals surface area contributed by atoms with Crippen LogP contribution in [0.1, 0.15) is 27.7 Å². The van der Waals surface area contributed by atoms with Crippen molar-refractivity contribution in [2.24, 2.45) is 5.41 Å². The molecule has 0 N–H and O–H groups in total. The van der Waals surface area contributed by atoms with Gasteiger partial charge in [0.25, 0.3) is 0 Å². The molecule has 5 heteroatoms. The SMILES string of the molecule is CCOC(=O)C1=C(C(=O)OCC(C)(C)C)I=CC=C1. The van der Waals surface area contributed by atoms with Gasteiger partial charge in [-0.1, -0.05) is 47.6 Å². The van der Waals surface area contributed by atoms with Crippen LogP contribution in [0.5, 0.6) is 0 Å². The second-order valence-electron chi connectivity index (χ2n) is 5.18. The lowest BCUT2D eigenvalue weighted by Gasteiger charge is -2.18. The molecule has 0 aromatic rings. The maximum Gasteiger partial charge on any atom is 0.344 e. The molecule has 0 saturated carbocycles. The Morgan fingerprint density at radius 3 is 2.47 bits per heavy atom. The number of carbonyl (C=O) groups is 2. The van der Waals surface area contributed by atoms with Crippen molar-refractivity contribution >= 4 is 36.7 Å². The molecule has 4 nitrogen and oxygen atoms in total. The Labute approximate surface area is 123 Å². The number of hydrogen-bond acceptors (Lipinski definition) is 4. The number of hydrogen-bond donors (Lipinski definition) is 0. The van der Waals surface area contributed by atoms with Gasteiger partial charge in [0.15, 0.2) is 0 Å². The lowest BCUT2D eigenvalue weighted by atomic mass is 9.99. The summed E-state index contributed by atoms with van der Waals surface area (Å²) >= 11 is -0.633. The molecule has 1 rings (SSSR count). The number of esters is 2. The Bertz CT molecular complexity index is 453. The summed E-state index contributed by atoms with van der Waals surface area (Å²) in [5.74, 6) is -0.847. The van der Waals surface area contributed by atoms with Crippen LogP contribution in [0.3, 0.4) is 0 Å². The fourth-order valence-electron chi connectivity index (χ4n) is 1.23. The first-order chi connectivity index (χ1) is 8.85. The van der Waals surface area contributed by atoms with E-state index >= 15 is 0 Å². The molecule has 0 fully saturated rings. The summed E-state index contributed by atoms with van der Waals surface area (Å²) in [7, 11) is 0. The standard InChI is InChI=1S/C14H19IO4/c1-5-18-12(16)10-7-6-8-15-11(10)13(17)19-9-14(2,3)4/h6-8H,5,9H2,1-4H3. The molecule has 0 amide bonds. The van der Waals surface area contributed by atoms with Gasteiger partial charge >= 0.3 is 11.9 Å². The number of allylic oxidation sites excluding steroid dienone is 1. The number of rotatable bonds is 4. The fourth-order valence-corrected chi connectivity index (χ4v) is 3.15. The first kappa shape index (κ1) is 16.1. The van der Waals surface area contributed by atoms with E-state index in [1.165, 1.54) is 0 Å². The van der Waals surface area contributed by atoms with Gasteiger partial charge in [-0.25, -0.2) is 9.59 Å². The van der Waals surface area contributed by atoms with Crippen LogP contribution in [0.2, 0.25) is 0 Å². The smallest absolute Gasteiger partial charge is 0.344 e. The van der Waals surface area contributed by atoms with Crippen molar-refractivity contribution in [2.45, 2.75) is 27.7 Å². The number of halogens is 1. The van der Waals surface area contributed by atoms with E-state index in [1.807, 2.05) is 24.8 Å². The molecule has 0 aromatic heterocycles. The Morgan fingerprint density at radius 2 is 1.89 bits per heavy atom. The van der Waals surface area contributed by atoms with Crippen LogP contribution >= 0.6 is 20.7 Å². The van der Waals surface area contributed by atoms with Crippen LogP contribution in [-0.4, -0.2) is 29.2 Å². The van der Waals surface area contributed by atoms with Crippen LogP contribution in [0.25, 0.3) is 0 Å². The minimum Gasteiger partial charge on any atom is -0.462 e. The molecule has 0 aromatic carbocycles. The normalized spacial score (nSPS) is 14.9. The zero-order valence-electron chi connectivity index (χ0n) is 11.7. The molecule has 1 heterocycles. The molecule has 1 aliphatic heterocycles. The average molecular weight is 378 g/mol. The molecule has 0 bridgehead atoms. The quantitative estimate of drug-likeness (QED) is 0.558. The molecular weight excluding hydrogens is 359 g/mol. The van der Waals surface area contributed by atoms with Crippen molar-refractivity contribution in [3.63, 3.8) is 0 Å². The highest BCUT2D eigenvalue weighted by atomic mass is 127. The molecule has 0 spiro atoms. The lowest BCUT2D eigenvalue weighted by Crippen LogP contribution is -2.20. The van der Waals surface area contributed by atoms with Crippen molar-refractivity contribution in [1.82, 2.24) is 0 Å². The van der Waals surface area contributed by atoms with E-state index in [2.05, 4.69) is 0 Å². The molecule has 0 atom stereocenters. The molecule has 0 saturated heterocycles. The van der Waals surface area contributed by atoms with E-state index in [1.54, 1.807) is 19.1 Å². The minimum absolute atomic E-state index is 0.0904. The number of carbonyl (C=O) groups excluding carboxylic acids is 2. The summed E-state index contributed by atoms with van der Waals surface area (Å²) in [6, 6.07) is 0. The molecule has 19 heavy (non-hydrogen) atoms. The molecule has 0 radical (unpaired) electrons. The Morgan fingerprint density at radius 1 is 1.21 bits per heavy atom. The largest absolute Gasteiger partial charge is 0.462 e. The molecule has 0 unspecified atom stereocenters. The third-order valence-electron chi connectivity index (χ3n) is 2.06. The van der Waals surface area contributed by atoms with Gasteiger partial charge in [0, 0.05) is 0 Å². The van der Waals surface area contributed by atoms with E-state index in [0.717, 1.165) is 0 Å². The zero-order valence-corrected chi connectivity index (χ0v) is 13.8. The molecular formula is C14H19IO4. The zero-order chi connectivity index (χ0) is 14.5. The summed E-state index contributed by atoms with van der Waals surface area (Å²) in [6.45, 7) is 8.33.